The van der Waals surface area contributed by atoms with E-state index in [-0.39, 0.29) is 5.91 Å². The van der Waals surface area contributed by atoms with E-state index < -0.39 is 0 Å². The van der Waals surface area contributed by atoms with E-state index in [0.717, 1.165) is 28.8 Å². The van der Waals surface area contributed by atoms with Crippen LogP contribution in [0.25, 0.3) is 10.2 Å². The number of thiophene rings is 1. The smallest absolute Gasteiger partial charge is 0.266 e. The molecule has 0 radical (unpaired) electrons. The molecule has 2 heterocycles. The van der Waals surface area contributed by atoms with Crippen LogP contribution in [0.2, 0.25) is 0 Å². The van der Waals surface area contributed by atoms with Gasteiger partial charge < -0.3 is 10.6 Å². The largest absolute Gasteiger partial charge is 0.397 e. The van der Waals surface area contributed by atoms with Gasteiger partial charge in [-0.15, -0.1) is 11.3 Å². The van der Waals surface area contributed by atoms with Gasteiger partial charge >= 0.3 is 0 Å². The average Bonchev–Trinajstić information content (AvgIpc) is 3.13. The lowest BCUT2D eigenvalue weighted by molar-refractivity contribution is 0.0791. The van der Waals surface area contributed by atoms with Crippen LogP contribution < -0.4 is 5.73 Å². The van der Waals surface area contributed by atoms with Crippen molar-refractivity contribution in [2.45, 2.75) is 25.8 Å². The summed E-state index contributed by atoms with van der Waals surface area (Å²) in [5.41, 5.74) is 7.58. The highest BCUT2D eigenvalue weighted by molar-refractivity contribution is 7.21. The molecule has 0 aliphatic heterocycles. The molecule has 1 aliphatic rings. The van der Waals surface area contributed by atoms with Crippen molar-refractivity contribution in [3.8, 4) is 0 Å². The molecule has 1 saturated carbocycles. The van der Waals surface area contributed by atoms with Gasteiger partial charge in [0.25, 0.3) is 5.91 Å². The van der Waals surface area contributed by atoms with Crippen LogP contribution in [0.1, 0.15) is 28.2 Å². The summed E-state index contributed by atoms with van der Waals surface area (Å²) in [6.45, 7) is 1.94. The van der Waals surface area contributed by atoms with Gasteiger partial charge in [0.2, 0.25) is 0 Å². The molecule has 2 N–H and O–H groups in total. The molecule has 94 valence electrons. The van der Waals surface area contributed by atoms with E-state index in [0.29, 0.717) is 16.6 Å². The number of nitrogen functional groups attached to an aromatic ring is 1. The molecule has 0 saturated heterocycles. The van der Waals surface area contributed by atoms with Gasteiger partial charge in [-0.2, -0.15) is 0 Å². The minimum absolute atomic E-state index is 0.0238. The van der Waals surface area contributed by atoms with Crippen molar-refractivity contribution in [3.05, 3.63) is 22.7 Å². The van der Waals surface area contributed by atoms with Crippen LogP contribution in [-0.4, -0.2) is 28.9 Å². The summed E-state index contributed by atoms with van der Waals surface area (Å²) in [5, 5.41) is 0.887. The summed E-state index contributed by atoms with van der Waals surface area (Å²) in [6, 6.07) is 4.26. The van der Waals surface area contributed by atoms with Gasteiger partial charge in [-0.1, -0.05) is 0 Å². The maximum absolute atomic E-state index is 12.3. The second-order valence-electron chi connectivity index (χ2n) is 4.80. The number of anilines is 1. The van der Waals surface area contributed by atoms with Gasteiger partial charge in [-0.25, -0.2) is 4.98 Å². The van der Waals surface area contributed by atoms with Crippen LogP contribution >= 0.6 is 11.3 Å². The minimum atomic E-state index is 0.0238. The number of rotatable bonds is 2. The third kappa shape index (κ3) is 1.75. The molecular formula is C13H15N3OS. The molecule has 1 amide bonds. The molecule has 0 bridgehead atoms. The zero-order valence-electron chi connectivity index (χ0n) is 10.4. The Balaban J connectivity index is 2.06. The lowest BCUT2D eigenvalue weighted by atomic mass is 10.2. The zero-order chi connectivity index (χ0) is 12.9. The van der Waals surface area contributed by atoms with Crippen LogP contribution in [-0.2, 0) is 0 Å². The fourth-order valence-electron chi connectivity index (χ4n) is 2.04. The van der Waals surface area contributed by atoms with E-state index in [9.17, 15) is 4.79 Å². The third-order valence-electron chi connectivity index (χ3n) is 3.34. The van der Waals surface area contributed by atoms with Gasteiger partial charge in [0, 0.05) is 24.2 Å². The Bertz CT molecular complexity index is 630. The lowest BCUT2D eigenvalue weighted by Crippen LogP contribution is -2.28. The molecule has 0 unspecified atom stereocenters. The normalized spacial score (nSPS) is 15.0. The first-order chi connectivity index (χ1) is 8.58. The Kier molecular flexibility index (Phi) is 2.52. The van der Waals surface area contributed by atoms with Crippen molar-refractivity contribution in [2.75, 3.05) is 12.8 Å². The number of fused-ring (bicyclic) bond motifs is 1. The Labute approximate surface area is 109 Å². The number of carbonyl (C=O) groups excluding carboxylic acids is 1. The first-order valence-electron chi connectivity index (χ1n) is 6.00. The predicted octanol–water partition coefficient (Wildman–Crippen LogP) is 2.42. The molecule has 5 heteroatoms. The molecule has 0 atom stereocenters. The number of carbonyl (C=O) groups is 1. The molecule has 1 aliphatic carbocycles. The van der Waals surface area contributed by atoms with E-state index in [1.54, 1.807) is 4.90 Å². The van der Waals surface area contributed by atoms with Gasteiger partial charge in [0.05, 0.1) is 5.69 Å². The summed E-state index contributed by atoms with van der Waals surface area (Å²) in [7, 11) is 1.85. The maximum Gasteiger partial charge on any atom is 0.266 e. The Morgan fingerprint density at radius 3 is 2.89 bits per heavy atom. The molecule has 1 fully saturated rings. The van der Waals surface area contributed by atoms with Gasteiger partial charge in [0.1, 0.15) is 9.71 Å². The van der Waals surface area contributed by atoms with Crippen molar-refractivity contribution in [1.82, 2.24) is 9.88 Å². The highest BCUT2D eigenvalue weighted by Crippen LogP contribution is 2.35. The monoisotopic (exact) mass is 261 g/mol. The molecule has 4 nitrogen and oxygen atoms in total. The summed E-state index contributed by atoms with van der Waals surface area (Å²) >= 11 is 1.39. The molecular weight excluding hydrogens is 246 g/mol. The number of amides is 1. The minimum Gasteiger partial charge on any atom is -0.397 e. The first-order valence-corrected chi connectivity index (χ1v) is 6.82. The van der Waals surface area contributed by atoms with Crippen LogP contribution in [0, 0.1) is 6.92 Å². The fourth-order valence-corrected chi connectivity index (χ4v) is 3.16. The number of aryl methyl sites for hydroxylation is 1. The molecule has 0 spiro atoms. The Morgan fingerprint density at radius 1 is 1.50 bits per heavy atom. The topological polar surface area (TPSA) is 59.2 Å². The highest BCUT2D eigenvalue weighted by atomic mass is 32.1. The average molecular weight is 261 g/mol. The molecule has 18 heavy (non-hydrogen) atoms. The van der Waals surface area contributed by atoms with E-state index >= 15 is 0 Å². The Morgan fingerprint density at radius 2 is 2.22 bits per heavy atom. The SMILES string of the molecule is Cc1ccc2c(N)c(C(=O)N(C)C3CC3)sc2n1. The second kappa shape index (κ2) is 3.95. The van der Waals surface area contributed by atoms with Crippen LogP contribution in [0.15, 0.2) is 12.1 Å². The van der Waals surface area contributed by atoms with Crippen LogP contribution in [0.4, 0.5) is 5.69 Å². The highest BCUT2D eigenvalue weighted by Gasteiger charge is 2.32. The van der Waals surface area contributed by atoms with E-state index in [4.69, 9.17) is 5.73 Å². The predicted molar refractivity (Wildman–Crippen MR) is 73.9 cm³/mol. The molecule has 3 rings (SSSR count). The number of hydrogen-bond acceptors (Lipinski definition) is 4. The zero-order valence-corrected chi connectivity index (χ0v) is 11.3. The van der Waals surface area contributed by atoms with Crippen molar-refractivity contribution >= 4 is 33.1 Å². The molecule has 2 aromatic heterocycles. The lowest BCUT2D eigenvalue weighted by Gasteiger charge is -2.15. The fraction of sp³-hybridized carbons (Fsp3) is 0.385. The number of nitrogens with zero attached hydrogens (tertiary/aromatic N) is 2. The molecule has 2 aromatic rings. The summed E-state index contributed by atoms with van der Waals surface area (Å²) < 4.78 is 0. The molecule has 0 aromatic carbocycles. The van der Waals surface area contributed by atoms with Gasteiger partial charge in [-0.05, 0) is 31.9 Å². The maximum atomic E-state index is 12.3. The first kappa shape index (κ1) is 11.5. The van der Waals surface area contributed by atoms with Crippen molar-refractivity contribution in [1.29, 1.82) is 0 Å². The summed E-state index contributed by atoms with van der Waals surface area (Å²) in [4.78, 5) is 20.0. The van der Waals surface area contributed by atoms with Crippen molar-refractivity contribution in [2.24, 2.45) is 0 Å². The summed E-state index contributed by atoms with van der Waals surface area (Å²) in [6.07, 6.45) is 2.20. The number of pyridine rings is 1. The van der Waals surface area contributed by atoms with Crippen LogP contribution in [0.3, 0.4) is 0 Å². The van der Waals surface area contributed by atoms with Gasteiger partial charge in [-0.3, -0.25) is 4.79 Å². The number of aromatic nitrogens is 1. The van der Waals surface area contributed by atoms with E-state index in [2.05, 4.69) is 4.98 Å². The number of nitrogens with two attached hydrogens (primary N) is 1. The van der Waals surface area contributed by atoms with Gasteiger partial charge in [0.15, 0.2) is 0 Å². The second-order valence-corrected chi connectivity index (χ2v) is 5.80. The summed E-state index contributed by atoms with van der Waals surface area (Å²) in [5.74, 6) is 0.0238. The quantitative estimate of drug-likeness (QED) is 0.903. The standard InChI is InChI=1S/C13H15N3OS/c1-7-3-6-9-10(14)11(18-12(9)15-7)13(17)16(2)8-4-5-8/h3,6,8H,4-5,14H2,1-2H3. The number of hydrogen-bond donors (Lipinski definition) is 1. The van der Waals surface area contributed by atoms with E-state index in [1.165, 1.54) is 11.3 Å². The van der Waals surface area contributed by atoms with Crippen molar-refractivity contribution in [3.63, 3.8) is 0 Å². The van der Waals surface area contributed by atoms with Crippen molar-refractivity contribution < 1.29 is 4.79 Å². The van der Waals surface area contributed by atoms with E-state index in [1.807, 2.05) is 26.1 Å². The van der Waals surface area contributed by atoms with Crippen LogP contribution in [0.5, 0.6) is 0 Å². The third-order valence-corrected chi connectivity index (χ3v) is 4.45. The Hall–Kier alpha value is -1.62.